The Balaban J connectivity index is 0.859. The first-order chi connectivity index (χ1) is 43.0. The van der Waals surface area contributed by atoms with Crippen LogP contribution in [0.3, 0.4) is 0 Å². The number of rotatable bonds is 10. The van der Waals surface area contributed by atoms with E-state index in [9.17, 15) is 0 Å². The normalized spacial score (nSPS) is 12.6. The van der Waals surface area contributed by atoms with Gasteiger partial charge in [0.2, 0.25) is 0 Å². The van der Waals surface area contributed by atoms with Crippen molar-refractivity contribution in [3.63, 3.8) is 0 Å². The number of benzene rings is 14. The first-order valence-corrected chi connectivity index (χ1v) is 30.0. The highest BCUT2D eigenvalue weighted by atomic mass is 16.3. The first kappa shape index (κ1) is 50.3. The van der Waals surface area contributed by atoms with E-state index in [1.807, 2.05) is 0 Å². The Kier molecular flexibility index (Phi) is 11.6. The Bertz CT molecular complexity index is 5040. The molecule has 0 fully saturated rings. The van der Waals surface area contributed by atoms with E-state index in [2.05, 4.69) is 327 Å². The third-order valence-corrected chi connectivity index (χ3v) is 18.4. The summed E-state index contributed by atoms with van der Waals surface area (Å²) in [4.78, 5) is 4.73. The Morgan fingerprint density at radius 1 is 0.253 bits per heavy atom. The van der Waals surface area contributed by atoms with Crippen molar-refractivity contribution >= 4 is 99.5 Å². The lowest BCUT2D eigenvalue weighted by molar-refractivity contribution is 0.670. The van der Waals surface area contributed by atoms with Crippen LogP contribution in [0, 0.1) is 13.8 Å². The fraction of sp³-hybridized carbons (Fsp3) is 0.0361. The summed E-state index contributed by atoms with van der Waals surface area (Å²) in [5.74, 6) is 0. The molecule has 4 heteroatoms. The molecule has 0 saturated carbocycles. The molecule has 0 aliphatic heterocycles. The number of fused-ring (bicyclic) bond motifs is 13. The Labute approximate surface area is 504 Å². The van der Waals surface area contributed by atoms with Crippen molar-refractivity contribution in [2.75, 3.05) is 9.80 Å². The summed E-state index contributed by atoms with van der Waals surface area (Å²) in [5.41, 5.74) is 23.2. The minimum atomic E-state index is -0.711. The molecule has 2 heterocycles. The van der Waals surface area contributed by atoms with Gasteiger partial charge in [0.05, 0.1) is 16.8 Å². The van der Waals surface area contributed by atoms with Gasteiger partial charge in [0.25, 0.3) is 0 Å². The molecule has 0 amide bonds. The molecule has 0 radical (unpaired) electrons. The molecule has 0 unspecified atom stereocenters. The minimum Gasteiger partial charge on any atom is -0.453 e. The van der Waals surface area contributed by atoms with E-state index in [0.717, 1.165) is 99.9 Å². The monoisotopic (exact) mass is 1110 g/mol. The molecule has 17 rings (SSSR count). The number of hydrogen-bond acceptors (Lipinski definition) is 4. The quantitative estimate of drug-likeness (QED) is 0.137. The van der Waals surface area contributed by atoms with Crippen molar-refractivity contribution in [2.45, 2.75) is 19.3 Å². The largest absolute Gasteiger partial charge is 0.453 e. The van der Waals surface area contributed by atoms with Gasteiger partial charge in [-0.15, -0.1) is 0 Å². The zero-order valence-corrected chi connectivity index (χ0v) is 48.1. The maximum absolute atomic E-state index is 7.16. The second kappa shape index (κ2) is 20.0. The third kappa shape index (κ3) is 7.71. The molecule has 4 nitrogen and oxygen atoms in total. The highest BCUT2D eigenvalue weighted by Crippen LogP contribution is 2.61. The van der Waals surface area contributed by atoms with Gasteiger partial charge in [-0.1, -0.05) is 243 Å². The molecular formula is C83H56N2O2. The first-order valence-electron chi connectivity index (χ1n) is 30.0. The second-order valence-corrected chi connectivity index (χ2v) is 23.1. The summed E-state index contributed by atoms with van der Waals surface area (Å²) in [5, 5.41) is 9.03. The van der Waals surface area contributed by atoms with Crippen LogP contribution in [0.25, 0.3) is 98.8 Å². The molecule has 87 heavy (non-hydrogen) atoms. The Morgan fingerprint density at radius 3 is 1.02 bits per heavy atom. The highest BCUT2D eigenvalue weighted by Gasteiger charge is 2.48. The second-order valence-electron chi connectivity index (χ2n) is 23.1. The molecule has 0 atom stereocenters. The van der Waals surface area contributed by atoms with Crippen molar-refractivity contribution in [1.82, 2.24) is 0 Å². The van der Waals surface area contributed by atoms with Crippen LogP contribution in [-0.2, 0) is 5.41 Å². The fourth-order valence-corrected chi connectivity index (χ4v) is 14.6. The smallest absolute Gasteiger partial charge is 0.159 e. The number of hydrogen-bond donors (Lipinski definition) is 0. The van der Waals surface area contributed by atoms with E-state index >= 15 is 0 Å². The van der Waals surface area contributed by atoms with Gasteiger partial charge < -0.3 is 18.6 Å². The summed E-state index contributed by atoms with van der Waals surface area (Å²) in [6, 6.07) is 111. The van der Waals surface area contributed by atoms with Crippen LogP contribution in [0.2, 0.25) is 0 Å². The number of furan rings is 2. The molecule has 14 aromatic carbocycles. The number of aryl methyl sites for hydroxylation is 2. The van der Waals surface area contributed by atoms with Crippen LogP contribution in [-0.4, -0.2) is 0 Å². The van der Waals surface area contributed by atoms with Crippen LogP contribution in [0.5, 0.6) is 0 Å². The van der Waals surface area contributed by atoms with E-state index < -0.39 is 5.41 Å². The van der Waals surface area contributed by atoms with Crippen LogP contribution in [0.15, 0.2) is 312 Å². The number of nitrogens with zero attached hydrogens (tertiary/aromatic N) is 2. The van der Waals surface area contributed by atoms with E-state index in [1.54, 1.807) is 0 Å². The highest BCUT2D eigenvalue weighted by molar-refractivity contribution is 6.16. The summed E-state index contributed by atoms with van der Waals surface area (Å²) in [6.45, 7) is 4.34. The Hall–Kier alpha value is -11.2. The summed E-state index contributed by atoms with van der Waals surface area (Å²) >= 11 is 0. The lowest BCUT2D eigenvalue weighted by atomic mass is 9.66. The van der Waals surface area contributed by atoms with Gasteiger partial charge in [-0.2, -0.15) is 0 Å². The van der Waals surface area contributed by atoms with Crippen molar-refractivity contribution < 1.29 is 8.83 Å². The topological polar surface area (TPSA) is 32.8 Å². The molecule has 410 valence electrons. The molecule has 0 bridgehead atoms. The van der Waals surface area contributed by atoms with Gasteiger partial charge >= 0.3 is 0 Å². The zero-order valence-electron chi connectivity index (χ0n) is 48.1. The number of anilines is 6. The maximum Gasteiger partial charge on any atom is 0.159 e. The van der Waals surface area contributed by atoms with E-state index in [-0.39, 0.29) is 0 Å². The third-order valence-electron chi connectivity index (χ3n) is 18.4. The maximum atomic E-state index is 7.16. The van der Waals surface area contributed by atoms with Gasteiger partial charge in [0.1, 0.15) is 11.2 Å². The average Bonchev–Trinajstić information content (AvgIpc) is 1.57. The molecule has 0 N–H and O–H groups in total. The van der Waals surface area contributed by atoms with Gasteiger partial charge in [0, 0.05) is 55.4 Å². The van der Waals surface area contributed by atoms with E-state index in [4.69, 9.17) is 8.83 Å². The van der Waals surface area contributed by atoms with Crippen LogP contribution < -0.4 is 9.80 Å². The van der Waals surface area contributed by atoms with E-state index in [0.29, 0.717) is 0 Å². The minimum absolute atomic E-state index is 0.711. The molecule has 0 saturated heterocycles. The van der Waals surface area contributed by atoms with Crippen molar-refractivity contribution in [2.24, 2.45) is 0 Å². The predicted molar refractivity (Wildman–Crippen MR) is 363 cm³/mol. The van der Waals surface area contributed by atoms with Gasteiger partial charge in [-0.25, -0.2) is 0 Å². The standard InChI is InChI=1S/C83H56N2O2/c1-53-23-15-17-33-63(53)69-35-19-37-71-73-39-21-41-75(81(73)86-79(69)71)84(59-29-11-5-12-30-59)61-45-49-65-55(51-61)43-47-67-68-48-44-56-52-62(46-50-66(56)78(68)83(77(65)67,57-25-7-3-8-26-57)58-27-9-4-10-28-58)85(60-31-13-6-14-32-60)76-42-22-40-74-72-38-20-36-70(80(72)87-82(74)76)64-34-18-16-24-54(64)2/h3-52H,1-2H3. The van der Waals surface area contributed by atoms with Crippen LogP contribution in [0.1, 0.15) is 33.4 Å². The molecule has 2 aromatic heterocycles. The van der Waals surface area contributed by atoms with Gasteiger partial charge in [-0.3, -0.25) is 0 Å². The predicted octanol–water partition coefficient (Wildman–Crippen LogP) is 23.0. The lowest BCUT2D eigenvalue weighted by Gasteiger charge is -2.35. The zero-order chi connectivity index (χ0) is 57.7. The average molecular weight is 1110 g/mol. The van der Waals surface area contributed by atoms with Crippen molar-refractivity contribution in [3.05, 3.63) is 337 Å². The van der Waals surface area contributed by atoms with Gasteiger partial charge in [-0.05, 0) is 152 Å². The Morgan fingerprint density at radius 2 is 0.609 bits per heavy atom. The molecule has 16 aromatic rings. The SMILES string of the molecule is Cc1ccccc1-c1cccc2c1oc1c(N(c3ccccc3)c3ccc4c5c(ccc4c3)-c3ccc4cc(N(c6ccccc6)c6cccc7c6oc6c(-c8ccccc8C)cccc67)ccc4c3C5(c3ccccc3)c3ccccc3)cccc12. The van der Waals surface area contributed by atoms with Crippen LogP contribution in [0.4, 0.5) is 34.1 Å². The van der Waals surface area contributed by atoms with Crippen LogP contribution >= 0.6 is 0 Å². The van der Waals surface area contributed by atoms with Crippen molar-refractivity contribution in [1.29, 1.82) is 0 Å². The fourth-order valence-electron chi connectivity index (χ4n) is 14.6. The molecule has 1 aliphatic rings. The lowest BCUT2D eigenvalue weighted by Crippen LogP contribution is -2.29. The molecular weight excluding hydrogens is 1060 g/mol. The number of para-hydroxylation sites is 6. The summed E-state index contributed by atoms with van der Waals surface area (Å²) in [6.07, 6.45) is 0. The van der Waals surface area contributed by atoms with E-state index in [1.165, 1.54) is 66.4 Å². The summed E-state index contributed by atoms with van der Waals surface area (Å²) < 4.78 is 14.3. The molecule has 0 spiro atoms. The summed E-state index contributed by atoms with van der Waals surface area (Å²) in [7, 11) is 0. The van der Waals surface area contributed by atoms with Gasteiger partial charge in [0.15, 0.2) is 11.2 Å². The molecule has 1 aliphatic carbocycles. The van der Waals surface area contributed by atoms with Crippen molar-refractivity contribution in [3.8, 4) is 33.4 Å².